The van der Waals surface area contributed by atoms with Crippen molar-refractivity contribution in [3.63, 3.8) is 0 Å². The van der Waals surface area contributed by atoms with Gasteiger partial charge in [-0.2, -0.15) is 12.1 Å². The molecule has 0 heterocycles. The molecule has 0 saturated heterocycles. The Balaban J connectivity index is 0.000000195. The van der Waals surface area contributed by atoms with E-state index in [2.05, 4.69) is 138 Å². The van der Waals surface area contributed by atoms with Gasteiger partial charge in [-0.15, -0.1) is 68.1 Å². The monoisotopic (exact) mass is 904 g/mol. The third kappa shape index (κ3) is 13.4. The van der Waals surface area contributed by atoms with Gasteiger partial charge >= 0.3 is 37.9 Å². The zero-order valence-corrected chi connectivity index (χ0v) is 41.4. The Hall–Kier alpha value is -2.22. The summed E-state index contributed by atoms with van der Waals surface area (Å²) in [6, 6.07) is 37.6. The topological polar surface area (TPSA) is 0 Å². The van der Waals surface area contributed by atoms with Gasteiger partial charge in [-0.3, -0.25) is 0 Å². The second-order valence-electron chi connectivity index (χ2n) is 17.1. The molecule has 2 aliphatic rings. The van der Waals surface area contributed by atoms with Crippen LogP contribution in [0.1, 0.15) is 124 Å². The van der Waals surface area contributed by atoms with E-state index in [9.17, 15) is 0 Å². The molecule has 0 atom stereocenters. The number of hydrogen-bond acceptors (Lipinski definition) is 0. The van der Waals surface area contributed by atoms with Gasteiger partial charge in [-0.05, 0) is 59.8 Å². The van der Waals surface area contributed by atoms with Gasteiger partial charge in [-0.25, -0.2) is 0 Å². The molecule has 6 aromatic rings. The van der Waals surface area contributed by atoms with Crippen LogP contribution in [0.4, 0.5) is 0 Å². The molecule has 306 valence electrons. The number of hydrogen-bond donors (Lipinski definition) is 0. The van der Waals surface area contributed by atoms with Crippen molar-refractivity contribution in [1.82, 2.24) is 0 Å². The van der Waals surface area contributed by atoms with Crippen LogP contribution in [0.25, 0.3) is 43.8 Å². The van der Waals surface area contributed by atoms with E-state index in [1.165, 1.54) is 169 Å². The maximum absolute atomic E-state index is 4.93. The first kappa shape index (κ1) is 46.8. The van der Waals surface area contributed by atoms with E-state index in [-0.39, 0.29) is 0 Å². The van der Waals surface area contributed by atoms with Crippen molar-refractivity contribution in [3.8, 4) is 22.3 Å². The zero-order valence-electron chi connectivity index (χ0n) is 36.5. The van der Waals surface area contributed by atoms with Crippen molar-refractivity contribution < 1.29 is 20.8 Å². The van der Waals surface area contributed by atoms with Gasteiger partial charge in [-0.1, -0.05) is 190 Å². The fraction of sp³-hybridized carbons (Fsp3) is 0.444. The van der Waals surface area contributed by atoms with E-state index < -0.39 is 20.8 Å². The van der Waals surface area contributed by atoms with Crippen LogP contribution < -0.4 is 0 Å². The van der Waals surface area contributed by atoms with Crippen molar-refractivity contribution in [1.29, 1.82) is 0 Å². The number of rotatable bonds is 10. The molecular weight excluding hydrogens is 839 g/mol. The van der Waals surface area contributed by atoms with Crippen LogP contribution in [0.3, 0.4) is 0 Å². The van der Waals surface area contributed by atoms with Gasteiger partial charge in [0.1, 0.15) is 0 Å². The van der Waals surface area contributed by atoms with E-state index in [4.69, 9.17) is 17.0 Å². The van der Waals surface area contributed by atoms with Gasteiger partial charge in [0.15, 0.2) is 0 Å². The Labute approximate surface area is 374 Å². The first-order valence-electron chi connectivity index (χ1n) is 22.4. The minimum absolute atomic E-state index is 0.826. The van der Waals surface area contributed by atoms with Crippen LogP contribution in [-0.4, -0.2) is 9.52 Å². The van der Waals surface area contributed by atoms with Crippen molar-refractivity contribution in [3.05, 3.63) is 130 Å². The molecule has 2 radical (unpaired) electrons. The van der Waals surface area contributed by atoms with Crippen LogP contribution in [0.5, 0.6) is 0 Å². The molecule has 58 heavy (non-hydrogen) atoms. The zero-order chi connectivity index (χ0) is 41.3. The summed E-state index contributed by atoms with van der Waals surface area (Å²) in [4.78, 5) is 0. The molecule has 4 heteroatoms. The van der Waals surface area contributed by atoms with Gasteiger partial charge in [0.05, 0.1) is 0 Å². The summed E-state index contributed by atoms with van der Waals surface area (Å²) in [5.74, 6) is 1.80. The van der Waals surface area contributed by atoms with Crippen LogP contribution >= 0.6 is 17.0 Å². The second kappa shape index (κ2) is 24.9. The van der Waals surface area contributed by atoms with Crippen LogP contribution in [0, 0.1) is 25.7 Å². The number of fused-ring (bicyclic) bond motifs is 2. The normalized spacial score (nSPS) is 14.5. The van der Waals surface area contributed by atoms with Crippen molar-refractivity contribution >= 4 is 48.1 Å². The molecule has 8 rings (SSSR count). The number of halogens is 2. The third-order valence-corrected chi connectivity index (χ3v) is 12.4. The van der Waals surface area contributed by atoms with E-state index in [1.54, 1.807) is 11.1 Å². The minimum atomic E-state index is -0.826. The molecule has 0 nitrogen and oxygen atoms in total. The second-order valence-corrected chi connectivity index (χ2v) is 21.9. The van der Waals surface area contributed by atoms with Crippen molar-refractivity contribution in [2.45, 2.75) is 144 Å². The van der Waals surface area contributed by atoms with E-state index in [0.29, 0.717) is 0 Å². The summed E-state index contributed by atoms with van der Waals surface area (Å²) in [5, 5.41) is 5.79. The first-order valence-corrected chi connectivity index (χ1v) is 30.8. The van der Waals surface area contributed by atoms with Gasteiger partial charge < -0.3 is 0 Å². The number of benzene rings is 4. The molecule has 0 unspecified atom stereocenters. The Kier molecular flexibility index (Phi) is 20.1. The van der Waals surface area contributed by atoms with Gasteiger partial charge in [0, 0.05) is 9.52 Å². The first-order chi connectivity index (χ1) is 28.3. The molecular formula is C54H68Cl2SiZr. The Morgan fingerprint density at radius 3 is 1.22 bits per heavy atom. The molecule has 6 aromatic carbocycles. The SMILES string of the molecule is CCCc1ccc(-c2ccc(C)c3[cH-]c(CC4CCCCC4)cc23)cc1.CCCc1ccc(-c2ccc(C)c3[cH-]c(CC4CCCCC4)cc23)cc1.C[Si]C.[Cl][Zr+2][Cl]. The summed E-state index contributed by atoms with van der Waals surface area (Å²) in [6.45, 7) is 13.3. The Morgan fingerprint density at radius 2 is 0.897 bits per heavy atom. The van der Waals surface area contributed by atoms with Crippen LogP contribution in [0.15, 0.2) is 97.1 Å². The maximum atomic E-state index is 4.93. The molecule has 2 fully saturated rings. The van der Waals surface area contributed by atoms with Crippen molar-refractivity contribution in [2.75, 3.05) is 0 Å². The summed E-state index contributed by atoms with van der Waals surface area (Å²) in [6.07, 6.45) is 21.6. The average molecular weight is 907 g/mol. The summed E-state index contributed by atoms with van der Waals surface area (Å²) in [7, 11) is 11.0. The number of aryl methyl sites for hydroxylation is 4. The third-order valence-electron chi connectivity index (χ3n) is 12.4. The quantitative estimate of drug-likeness (QED) is 0.0949. The standard InChI is InChI=1S/2C26H31.C2H6Si.2ClH.Zr/c2*1-3-7-20-11-13-23(14-12-20)24-15-10-19(2)25-17-22(18-26(24)25)16-21-8-5-4-6-9-21;1-3-2;;;/h2*10-15,17-18,21H,3-9,16H2,1-2H3;1-2H3;2*1H;/q2*-1;;;;+4/p-2. The van der Waals surface area contributed by atoms with Crippen LogP contribution in [0.2, 0.25) is 13.1 Å². The molecule has 0 bridgehead atoms. The molecule has 2 saturated carbocycles. The molecule has 0 N–H and O–H groups in total. The summed E-state index contributed by atoms with van der Waals surface area (Å²) < 4.78 is 0. The molecule has 0 aliphatic heterocycles. The molecule has 2 aliphatic carbocycles. The van der Waals surface area contributed by atoms with E-state index >= 15 is 0 Å². The van der Waals surface area contributed by atoms with E-state index in [1.807, 2.05) is 0 Å². The van der Waals surface area contributed by atoms with Crippen LogP contribution in [-0.2, 0) is 46.5 Å². The summed E-state index contributed by atoms with van der Waals surface area (Å²) in [5.41, 5.74) is 14.3. The fourth-order valence-electron chi connectivity index (χ4n) is 9.48. The predicted octanol–water partition coefficient (Wildman–Crippen LogP) is 17.4. The van der Waals surface area contributed by atoms with Gasteiger partial charge in [0.2, 0.25) is 0 Å². The fourth-order valence-corrected chi connectivity index (χ4v) is 9.48. The van der Waals surface area contributed by atoms with Gasteiger partial charge in [0.25, 0.3) is 0 Å². The van der Waals surface area contributed by atoms with Crippen molar-refractivity contribution in [2.24, 2.45) is 11.8 Å². The summed E-state index contributed by atoms with van der Waals surface area (Å²) >= 11 is -0.826. The van der Waals surface area contributed by atoms with E-state index in [0.717, 1.165) is 21.4 Å². The molecule has 0 spiro atoms. The molecule has 0 aromatic heterocycles. The Morgan fingerprint density at radius 1 is 0.552 bits per heavy atom. The average Bonchev–Trinajstić information content (AvgIpc) is 3.87. The molecule has 0 amide bonds. The Bertz CT molecular complexity index is 1920. The predicted molar refractivity (Wildman–Crippen MR) is 257 cm³/mol.